The van der Waals surface area contributed by atoms with Gasteiger partial charge in [-0.2, -0.15) is 0 Å². The number of hydrogen-bond acceptors (Lipinski definition) is 4. The van der Waals surface area contributed by atoms with Crippen LogP contribution in [-0.2, 0) is 0 Å². The van der Waals surface area contributed by atoms with Gasteiger partial charge in [0.2, 0.25) is 0 Å². The maximum absolute atomic E-state index is 13.7. The lowest BCUT2D eigenvalue weighted by Crippen LogP contribution is -1.94. The summed E-state index contributed by atoms with van der Waals surface area (Å²) in [5.41, 5.74) is 2.62. The molecule has 31 heavy (non-hydrogen) atoms. The Morgan fingerprint density at radius 2 is 1.68 bits per heavy atom. The van der Waals surface area contributed by atoms with Gasteiger partial charge >= 0.3 is 0 Å². The Kier molecular flexibility index (Phi) is 5.06. The predicted molar refractivity (Wildman–Crippen MR) is 121 cm³/mol. The van der Waals surface area contributed by atoms with Crippen LogP contribution in [-0.4, -0.2) is 20.0 Å². The highest BCUT2D eigenvalue weighted by Crippen LogP contribution is 2.31. The zero-order valence-corrected chi connectivity index (χ0v) is 18.0. The lowest BCUT2D eigenvalue weighted by atomic mass is 10.1. The molecular weight excluding hydrogens is 513 g/mol. The van der Waals surface area contributed by atoms with Crippen LogP contribution in [0.4, 0.5) is 8.78 Å². The molecule has 0 radical (unpaired) electrons. The molecule has 0 unspecified atom stereocenters. The average Bonchev–Trinajstić information content (AvgIpc) is 3.24. The van der Waals surface area contributed by atoms with E-state index in [-0.39, 0.29) is 11.6 Å². The van der Waals surface area contributed by atoms with Crippen LogP contribution in [0.2, 0.25) is 0 Å². The average molecular weight is 526 g/mol. The topological polar surface area (TPSA) is 52.8 Å². The lowest BCUT2D eigenvalue weighted by Gasteiger charge is -2.10. The van der Waals surface area contributed by atoms with Gasteiger partial charge in [-0.15, -0.1) is 5.10 Å². The monoisotopic (exact) mass is 526 g/mol. The third kappa shape index (κ3) is 4.11. The Hall–Kier alpha value is -3.40. The molecule has 0 aliphatic heterocycles. The third-order valence-corrected chi connectivity index (χ3v) is 5.23. The van der Waals surface area contributed by atoms with Crippen molar-refractivity contribution in [3.63, 3.8) is 0 Å². The minimum absolute atomic E-state index is 0.314. The summed E-state index contributed by atoms with van der Waals surface area (Å²) in [5.74, 6) is 0.328. The van der Waals surface area contributed by atoms with Gasteiger partial charge in [-0.1, -0.05) is 11.3 Å². The Bertz CT molecular complexity index is 1380. The summed E-state index contributed by atoms with van der Waals surface area (Å²) in [4.78, 5) is 4.67. The SMILES string of the molecule is Fc1ccc(-n2cc(-c3ccc4c(Oc5cc(F)cc(I)c5)cccc4n3)nn2)cc1. The largest absolute Gasteiger partial charge is 0.457 e. The Labute approximate surface area is 189 Å². The van der Waals surface area contributed by atoms with Crippen LogP contribution in [0.5, 0.6) is 11.5 Å². The number of fused-ring (bicyclic) bond motifs is 1. The number of nitrogens with zero attached hydrogens (tertiary/aromatic N) is 4. The fraction of sp³-hybridized carbons (Fsp3) is 0. The second-order valence-electron chi connectivity index (χ2n) is 6.75. The number of aromatic nitrogens is 4. The first kappa shape index (κ1) is 19.6. The van der Waals surface area contributed by atoms with E-state index >= 15 is 0 Å². The van der Waals surface area contributed by atoms with Gasteiger partial charge in [-0.05, 0) is 83.3 Å². The van der Waals surface area contributed by atoms with Gasteiger partial charge in [0.25, 0.3) is 0 Å². The molecule has 0 aliphatic rings. The maximum Gasteiger partial charge on any atom is 0.136 e. The van der Waals surface area contributed by atoms with Crippen molar-refractivity contribution in [2.75, 3.05) is 0 Å². The first-order valence-corrected chi connectivity index (χ1v) is 10.4. The summed E-state index contributed by atoms with van der Waals surface area (Å²) in [6.07, 6.45) is 1.73. The third-order valence-electron chi connectivity index (χ3n) is 4.60. The summed E-state index contributed by atoms with van der Waals surface area (Å²) in [6.45, 7) is 0. The second-order valence-corrected chi connectivity index (χ2v) is 8.00. The molecule has 0 aliphatic carbocycles. The molecule has 0 N–H and O–H groups in total. The normalized spacial score (nSPS) is 11.1. The standard InChI is InChI=1S/C23H13F2IN4O/c24-14-4-6-17(7-5-14)30-13-22(28-29-30)21-9-8-19-20(27-21)2-1-3-23(19)31-18-11-15(25)10-16(26)12-18/h1-13H. The van der Waals surface area contributed by atoms with E-state index < -0.39 is 0 Å². The molecule has 0 spiro atoms. The zero-order chi connectivity index (χ0) is 21.4. The van der Waals surface area contributed by atoms with Crippen molar-refractivity contribution >= 4 is 33.5 Å². The van der Waals surface area contributed by atoms with Crippen molar-refractivity contribution in [2.45, 2.75) is 0 Å². The van der Waals surface area contributed by atoms with E-state index in [1.54, 1.807) is 29.1 Å². The molecule has 5 aromatic rings. The second kappa shape index (κ2) is 8.03. The number of rotatable bonds is 4. The van der Waals surface area contributed by atoms with E-state index in [0.29, 0.717) is 34.1 Å². The van der Waals surface area contributed by atoms with E-state index in [9.17, 15) is 8.78 Å². The van der Waals surface area contributed by atoms with Crippen LogP contribution in [0.25, 0.3) is 28.0 Å². The van der Waals surface area contributed by atoms with Crippen molar-refractivity contribution < 1.29 is 13.5 Å². The molecule has 2 aromatic heterocycles. The number of pyridine rings is 1. The van der Waals surface area contributed by atoms with E-state index in [1.807, 2.05) is 52.9 Å². The van der Waals surface area contributed by atoms with E-state index in [0.717, 1.165) is 8.96 Å². The smallest absolute Gasteiger partial charge is 0.136 e. The van der Waals surface area contributed by atoms with Gasteiger partial charge < -0.3 is 4.74 Å². The van der Waals surface area contributed by atoms with Gasteiger partial charge in [-0.3, -0.25) is 0 Å². The van der Waals surface area contributed by atoms with Crippen molar-refractivity contribution in [1.29, 1.82) is 0 Å². The quantitative estimate of drug-likeness (QED) is 0.264. The van der Waals surface area contributed by atoms with E-state index in [4.69, 9.17) is 4.74 Å². The Morgan fingerprint density at radius 3 is 2.48 bits per heavy atom. The van der Waals surface area contributed by atoms with Crippen molar-refractivity contribution in [2.24, 2.45) is 0 Å². The molecule has 5 nitrogen and oxygen atoms in total. The lowest BCUT2D eigenvalue weighted by molar-refractivity contribution is 0.481. The summed E-state index contributed by atoms with van der Waals surface area (Å²) >= 11 is 2.04. The van der Waals surface area contributed by atoms with Crippen molar-refractivity contribution in [3.05, 3.63) is 94.2 Å². The molecule has 2 heterocycles. The maximum atomic E-state index is 13.7. The molecule has 0 saturated heterocycles. The molecule has 152 valence electrons. The van der Waals surface area contributed by atoms with Gasteiger partial charge in [0, 0.05) is 15.0 Å². The van der Waals surface area contributed by atoms with Crippen LogP contribution in [0, 0.1) is 15.2 Å². The number of benzene rings is 3. The first-order valence-electron chi connectivity index (χ1n) is 9.27. The van der Waals surface area contributed by atoms with Crippen LogP contribution >= 0.6 is 22.6 Å². The minimum Gasteiger partial charge on any atom is -0.457 e. The van der Waals surface area contributed by atoms with Crippen molar-refractivity contribution in [3.8, 4) is 28.6 Å². The number of hydrogen-bond donors (Lipinski definition) is 0. The fourth-order valence-electron chi connectivity index (χ4n) is 3.17. The van der Waals surface area contributed by atoms with Crippen LogP contribution in [0.15, 0.2) is 79.0 Å². The van der Waals surface area contributed by atoms with Crippen LogP contribution < -0.4 is 4.74 Å². The highest BCUT2D eigenvalue weighted by Gasteiger charge is 2.11. The van der Waals surface area contributed by atoms with Gasteiger partial charge in [0.05, 0.1) is 23.1 Å². The summed E-state index contributed by atoms with van der Waals surface area (Å²) < 4.78 is 35.1. The van der Waals surface area contributed by atoms with Gasteiger partial charge in [-0.25, -0.2) is 18.4 Å². The zero-order valence-electron chi connectivity index (χ0n) is 15.8. The molecular formula is C23H13F2IN4O. The summed E-state index contributed by atoms with van der Waals surface area (Å²) in [5, 5.41) is 9.08. The summed E-state index contributed by atoms with van der Waals surface area (Å²) in [6, 6.07) is 19.7. The molecule has 8 heteroatoms. The minimum atomic E-state index is -0.355. The molecule has 3 aromatic carbocycles. The fourth-order valence-corrected chi connectivity index (χ4v) is 3.78. The Balaban J connectivity index is 1.48. The van der Waals surface area contributed by atoms with E-state index in [2.05, 4.69) is 15.3 Å². The predicted octanol–water partition coefficient (Wildman–Crippen LogP) is 6.16. The van der Waals surface area contributed by atoms with Gasteiger partial charge in [0.1, 0.15) is 28.8 Å². The highest BCUT2D eigenvalue weighted by atomic mass is 127. The first-order chi connectivity index (χ1) is 15.0. The van der Waals surface area contributed by atoms with Crippen LogP contribution in [0.3, 0.4) is 0 Å². The van der Waals surface area contributed by atoms with Gasteiger partial charge in [0.15, 0.2) is 0 Å². The molecule has 0 bridgehead atoms. The molecule has 0 saturated carbocycles. The molecule has 0 atom stereocenters. The van der Waals surface area contributed by atoms with E-state index in [1.165, 1.54) is 24.3 Å². The highest BCUT2D eigenvalue weighted by molar-refractivity contribution is 14.1. The molecule has 0 fully saturated rings. The summed E-state index contributed by atoms with van der Waals surface area (Å²) in [7, 11) is 0. The van der Waals surface area contributed by atoms with Crippen molar-refractivity contribution in [1.82, 2.24) is 20.0 Å². The Morgan fingerprint density at radius 1 is 0.839 bits per heavy atom. The number of ether oxygens (including phenoxy) is 1. The molecule has 0 amide bonds. The number of halogens is 3. The van der Waals surface area contributed by atoms with Crippen LogP contribution in [0.1, 0.15) is 0 Å². The molecule has 5 rings (SSSR count).